The van der Waals surface area contributed by atoms with Crippen molar-refractivity contribution in [2.24, 2.45) is 5.73 Å². The molecule has 0 unspecified atom stereocenters. The van der Waals surface area contributed by atoms with E-state index >= 15 is 0 Å². The van der Waals surface area contributed by atoms with Crippen LogP contribution in [0.15, 0.2) is 24.4 Å². The lowest BCUT2D eigenvalue weighted by atomic mass is 10.1. The summed E-state index contributed by atoms with van der Waals surface area (Å²) in [5.41, 5.74) is 7.30. The van der Waals surface area contributed by atoms with Gasteiger partial charge in [0.25, 0.3) is 0 Å². The molecule has 0 bridgehead atoms. The van der Waals surface area contributed by atoms with Crippen LogP contribution < -0.4 is 10.5 Å². The number of nitrogens with zero attached hydrogens (tertiary/aromatic N) is 1. The summed E-state index contributed by atoms with van der Waals surface area (Å²) in [6, 6.07) is 5.51. The summed E-state index contributed by atoms with van der Waals surface area (Å²) in [4.78, 5) is 7.59. The van der Waals surface area contributed by atoms with E-state index < -0.39 is 0 Å². The van der Waals surface area contributed by atoms with E-state index in [1.807, 2.05) is 12.1 Å². The Morgan fingerprint density at radius 1 is 1.44 bits per heavy atom. The highest BCUT2D eigenvalue weighted by atomic mass is 35.5. The van der Waals surface area contributed by atoms with Crippen LogP contribution in [0.4, 0.5) is 0 Å². The van der Waals surface area contributed by atoms with Gasteiger partial charge in [0.05, 0.1) is 19.0 Å². The minimum absolute atomic E-state index is 0.663. The van der Waals surface area contributed by atoms with Gasteiger partial charge < -0.3 is 15.5 Å². The molecule has 0 radical (unpaired) electrons. The summed E-state index contributed by atoms with van der Waals surface area (Å²) < 4.78 is 5.32. The number of nitrogens with one attached hydrogen (secondary N) is 1. The molecule has 0 aliphatic carbocycles. The molecule has 1 aromatic carbocycles. The van der Waals surface area contributed by atoms with Gasteiger partial charge in [-0.25, -0.2) is 4.98 Å². The SMILES string of the molecule is COc1ccc(Cl)cc1-c1cnc(CCCN)[nH]1. The quantitative estimate of drug-likeness (QED) is 0.874. The Morgan fingerprint density at radius 3 is 3.00 bits per heavy atom. The molecule has 2 aromatic rings. The zero-order valence-corrected chi connectivity index (χ0v) is 11.0. The average Bonchev–Trinajstić information content (AvgIpc) is 2.85. The maximum atomic E-state index is 6.01. The van der Waals surface area contributed by atoms with Gasteiger partial charge in [-0.05, 0) is 31.2 Å². The Labute approximate surface area is 111 Å². The van der Waals surface area contributed by atoms with Crippen molar-refractivity contribution in [1.29, 1.82) is 0 Å². The molecule has 0 aliphatic rings. The highest BCUT2D eigenvalue weighted by Crippen LogP contribution is 2.31. The predicted octanol–water partition coefficient (Wildman–Crippen LogP) is 2.63. The van der Waals surface area contributed by atoms with E-state index in [4.69, 9.17) is 22.1 Å². The number of ether oxygens (including phenoxy) is 1. The zero-order chi connectivity index (χ0) is 13.0. The Hall–Kier alpha value is -1.52. The van der Waals surface area contributed by atoms with Gasteiger partial charge in [-0.1, -0.05) is 11.6 Å². The summed E-state index contributed by atoms with van der Waals surface area (Å²) in [7, 11) is 1.64. The first-order chi connectivity index (χ1) is 8.74. The maximum Gasteiger partial charge on any atom is 0.128 e. The van der Waals surface area contributed by atoms with Gasteiger partial charge in [0.1, 0.15) is 11.6 Å². The van der Waals surface area contributed by atoms with Crippen LogP contribution in [0.3, 0.4) is 0 Å². The van der Waals surface area contributed by atoms with Crippen LogP contribution in [-0.2, 0) is 6.42 Å². The number of aromatic nitrogens is 2. The normalized spacial score (nSPS) is 10.6. The zero-order valence-electron chi connectivity index (χ0n) is 10.2. The number of benzene rings is 1. The Bertz CT molecular complexity index is 525. The molecule has 0 fully saturated rings. The fourth-order valence-corrected chi connectivity index (χ4v) is 1.96. The van der Waals surface area contributed by atoms with Gasteiger partial charge in [-0.2, -0.15) is 0 Å². The van der Waals surface area contributed by atoms with Crippen LogP contribution in [0.2, 0.25) is 5.02 Å². The van der Waals surface area contributed by atoms with Crippen molar-refractivity contribution < 1.29 is 4.74 Å². The van der Waals surface area contributed by atoms with Gasteiger partial charge in [0.15, 0.2) is 0 Å². The maximum absolute atomic E-state index is 6.01. The third-order valence-corrected chi connectivity index (χ3v) is 2.93. The first kappa shape index (κ1) is 12.9. The summed E-state index contributed by atoms with van der Waals surface area (Å²) in [6.45, 7) is 0.663. The monoisotopic (exact) mass is 265 g/mol. The van der Waals surface area contributed by atoms with Gasteiger partial charge in [-0.15, -0.1) is 0 Å². The molecule has 3 N–H and O–H groups in total. The lowest BCUT2D eigenvalue weighted by Crippen LogP contribution is -2.01. The van der Waals surface area contributed by atoms with E-state index in [2.05, 4.69) is 9.97 Å². The highest BCUT2D eigenvalue weighted by molar-refractivity contribution is 6.30. The van der Waals surface area contributed by atoms with Gasteiger partial charge in [0, 0.05) is 17.0 Å². The molecular formula is C13H16ClN3O. The van der Waals surface area contributed by atoms with Gasteiger partial charge >= 0.3 is 0 Å². The number of halogens is 1. The second-order valence-corrected chi connectivity index (χ2v) is 4.42. The Kier molecular flexibility index (Phi) is 4.23. The largest absolute Gasteiger partial charge is 0.496 e. The third kappa shape index (κ3) is 2.83. The van der Waals surface area contributed by atoms with E-state index in [1.165, 1.54) is 0 Å². The van der Waals surface area contributed by atoms with E-state index in [0.717, 1.165) is 35.7 Å². The van der Waals surface area contributed by atoms with Gasteiger partial charge in [0.2, 0.25) is 0 Å². The smallest absolute Gasteiger partial charge is 0.128 e. The summed E-state index contributed by atoms with van der Waals surface area (Å²) in [5, 5.41) is 0.670. The van der Waals surface area contributed by atoms with E-state index in [9.17, 15) is 0 Å². The summed E-state index contributed by atoms with van der Waals surface area (Å²) >= 11 is 6.01. The molecular weight excluding hydrogens is 250 g/mol. The lowest BCUT2D eigenvalue weighted by molar-refractivity contribution is 0.416. The molecule has 18 heavy (non-hydrogen) atoms. The Morgan fingerprint density at radius 2 is 2.28 bits per heavy atom. The molecule has 4 nitrogen and oxygen atoms in total. The minimum atomic E-state index is 0.663. The fraction of sp³-hybridized carbons (Fsp3) is 0.308. The number of hydrogen-bond donors (Lipinski definition) is 2. The van der Waals surface area contributed by atoms with Crippen molar-refractivity contribution in [2.45, 2.75) is 12.8 Å². The van der Waals surface area contributed by atoms with E-state index in [1.54, 1.807) is 19.4 Å². The average molecular weight is 266 g/mol. The fourth-order valence-electron chi connectivity index (χ4n) is 1.79. The standard InChI is InChI=1S/C13H16ClN3O/c1-18-12-5-4-9(14)7-10(12)11-8-16-13(17-11)3-2-6-15/h4-5,7-8H,2-3,6,15H2,1H3,(H,16,17). The highest BCUT2D eigenvalue weighted by Gasteiger charge is 2.09. The molecule has 0 atom stereocenters. The van der Waals surface area contributed by atoms with Crippen LogP contribution in [0.1, 0.15) is 12.2 Å². The molecule has 96 valence electrons. The molecule has 0 amide bonds. The third-order valence-electron chi connectivity index (χ3n) is 2.70. The number of aromatic amines is 1. The first-order valence-electron chi connectivity index (χ1n) is 5.82. The number of methoxy groups -OCH3 is 1. The molecule has 0 saturated heterocycles. The lowest BCUT2D eigenvalue weighted by Gasteiger charge is -2.06. The predicted molar refractivity (Wildman–Crippen MR) is 73.0 cm³/mol. The molecule has 0 spiro atoms. The number of nitrogens with two attached hydrogens (primary N) is 1. The molecule has 1 heterocycles. The number of aryl methyl sites for hydroxylation is 1. The molecule has 5 heteroatoms. The first-order valence-corrected chi connectivity index (χ1v) is 6.20. The number of imidazole rings is 1. The van der Waals surface area contributed by atoms with Crippen LogP contribution >= 0.6 is 11.6 Å². The molecule has 2 rings (SSSR count). The molecule has 0 saturated carbocycles. The number of H-pyrrole nitrogens is 1. The van der Waals surface area contributed by atoms with Crippen molar-refractivity contribution in [3.05, 3.63) is 35.2 Å². The second kappa shape index (κ2) is 5.89. The summed E-state index contributed by atoms with van der Waals surface area (Å²) in [5.74, 6) is 1.70. The van der Waals surface area contributed by atoms with Crippen LogP contribution in [-0.4, -0.2) is 23.6 Å². The van der Waals surface area contributed by atoms with Crippen molar-refractivity contribution >= 4 is 11.6 Å². The molecule has 1 aromatic heterocycles. The van der Waals surface area contributed by atoms with Crippen molar-refractivity contribution in [3.63, 3.8) is 0 Å². The number of rotatable bonds is 5. The molecule has 0 aliphatic heterocycles. The number of hydrogen-bond acceptors (Lipinski definition) is 3. The minimum Gasteiger partial charge on any atom is -0.496 e. The van der Waals surface area contributed by atoms with Crippen molar-refractivity contribution in [3.8, 4) is 17.0 Å². The summed E-state index contributed by atoms with van der Waals surface area (Å²) in [6.07, 6.45) is 3.55. The second-order valence-electron chi connectivity index (χ2n) is 3.98. The Balaban J connectivity index is 2.30. The van der Waals surface area contributed by atoms with Crippen LogP contribution in [0.25, 0.3) is 11.3 Å². The van der Waals surface area contributed by atoms with Crippen molar-refractivity contribution in [1.82, 2.24) is 9.97 Å². The topological polar surface area (TPSA) is 63.9 Å². The van der Waals surface area contributed by atoms with Crippen LogP contribution in [0.5, 0.6) is 5.75 Å². The van der Waals surface area contributed by atoms with Crippen molar-refractivity contribution in [2.75, 3.05) is 13.7 Å². The van der Waals surface area contributed by atoms with E-state index in [0.29, 0.717) is 11.6 Å². The van der Waals surface area contributed by atoms with Gasteiger partial charge in [-0.3, -0.25) is 0 Å². The van der Waals surface area contributed by atoms with E-state index in [-0.39, 0.29) is 0 Å². The van der Waals surface area contributed by atoms with Crippen LogP contribution in [0, 0.1) is 0 Å².